The number of carbonyl (C=O) groups excluding carboxylic acids is 1. The summed E-state index contributed by atoms with van der Waals surface area (Å²) in [7, 11) is 0. The number of rotatable bonds is 2. The van der Waals surface area contributed by atoms with Gasteiger partial charge in [-0.15, -0.1) is 0 Å². The van der Waals surface area contributed by atoms with Crippen molar-refractivity contribution in [2.24, 2.45) is 0 Å². The third-order valence-corrected chi connectivity index (χ3v) is 2.26. The van der Waals surface area contributed by atoms with Crippen LogP contribution in [0.2, 0.25) is 0 Å². The lowest BCUT2D eigenvalue weighted by Crippen LogP contribution is -2.38. The third kappa shape index (κ3) is 3.25. The van der Waals surface area contributed by atoms with E-state index in [9.17, 15) is 9.18 Å². The maximum absolute atomic E-state index is 13.6. The molecular weight excluding hydrogens is 221 g/mol. The molecule has 0 N–H and O–H groups in total. The Balaban J connectivity index is 3.03. The normalized spacial score (nSPS) is 12.4. The molecule has 0 radical (unpaired) electrons. The molecule has 3 nitrogen and oxygen atoms in total. The number of ether oxygens (including phenoxy) is 1. The molecule has 0 fully saturated rings. The van der Waals surface area contributed by atoms with Crippen LogP contribution in [-0.4, -0.2) is 16.6 Å². The molecule has 1 aromatic rings. The van der Waals surface area contributed by atoms with E-state index in [0.29, 0.717) is 0 Å². The molecule has 0 aliphatic heterocycles. The van der Waals surface area contributed by atoms with Crippen molar-refractivity contribution in [1.29, 1.82) is 0 Å². The SMILES string of the molecule is CC(C)(C)OC(=O)C(C)(C)c1ncccc1F. The van der Waals surface area contributed by atoms with Crippen LogP contribution < -0.4 is 0 Å². The van der Waals surface area contributed by atoms with Crippen LogP contribution in [0.15, 0.2) is 18.3 Å². The first-order chi connectivity index (χ1) is 7.64. The Labute approximate surface area is 101 Å². The minimum absolute atomic E-state index is 0.106. The van der Waals surface area contributed by atoms with E-state index >= 15 is 0 Å². The molecule has 0 unspecified atom stereocenters. The topological polar surface area (TPSA) is 39.2 Å². The van der Waals surface area contributed by atoms with Gasteiger partial charge in [-0.2, -0.15) is 0 Å². The molecule has 0 saturated carbocycles. The van der Waals surface area contributed by atoms with Crippen molar-refractivity contribution in [3.8, 4) is 0 Å². The standard InChI is InChI=1S/C13H18FNO2/c1-12(2,3)17-11(16)13(4,5)10-9(14)7-6-8-15-10/h6-8H,1-5H3. The van der Waals surface area contributed by atoms with E-state index in [1.165, 1.54) is 18.3 Å². The van der Waals surface area contributed by atoms with E-state index in [-0.39, 0.29) is 5.69 Å². The van der Waals surface area contributed by atoms with E-state index < -0.39 is 22.8 Å². The highest BCUT2D eigenvalue weighted by molar-refractivity contribution is 5.81. The number of hydrogen-bond acceptors (Lipinski definition) is 3. The molecular formula is C13H18FNO2. The number of esters is 1. The molecule has 0 spiro atoms. The first-order valence-corrected chi connectivity index (χ1v) is 5.49. The van der Waals surface area contributed by atoms with Gasteiger partial charge in [-0.1, -0.05) is 0 Å². The zero-order valence-electron chi connectivity index (χ0n) is 10.9. The Morgan fingerprint density at radius 1 is 1.29 bits per heavy atom. The number of pyridine rings is 1. The summed E-state index contributed by atoms with van der Waals surface area (Å²) in [4.78, 5) is 15.9. The minimum Gasteiger partial charge on any atom is -0.459 e. The van der Waals surface area contributed by atoms with E-state index in [4.69, 9.17) is 4.74 Å². The van der Waals surface area contributed by atoms with Crippen molar-refractivity contribution in [3.63, 3.8) is 0 Å². The van der Waals surface area contributed by atoms with Gasteiger partial charge in [-0.3, -0.25) is 9.78 Å². The Bertz CT molecular complexity index is 422. The highest BCUT2D eigenvalue weighted by atomic mass is 19.1. The van der Waals surface area contributed by atoms with Gasteiger partial charge < -0.3 is 4.74 Å². The Morgan fingerprint density at radius 2 is 1.88 bits per heavy atom. The summed E-state index contributed by atoms with van der Waals surface area (Å²) >= 11 is 0. The first-order valence-electron chi connectivity index (χ1n) is 5.49. The molecule has 17 heavy (non-hydrogen) atoms. The van der Waals surface area contributed by atoms with Crippen LogP contribution in [0.4, 0.5) is 4.39 Å². The van der Waals surface area contributed by atoms with Gasteiger partial charge in [-0.05, 0) is 46.8 Å². The summed E-state index contributed by atoms with van der Waals surface area (Å²) in [5.41, 5.74) is -1.59. The van der Waals surface area contributed by atoms with Crippen molar-refractivity contribution in [2.45, 2.75) is 45.6 Å². The van der Waals surface area contributed by atoms with Crippen LogP contribution in [-0.2, 0) is 14.9 Å². The van der Waals surface area contributed by atoms with Crippen molar-refractivity contribution < 1.29 is 13.9 Å². The molecule has 94 valence electrons. The minimum atomic E-state index is -1.10. The Morgan fingerprint density at radius 3 is 2.35 bits per heavy atom. The monoisotopic (exact) mass is 239 g/mol. The Hall–Kier alpha value is -1.45. The maximum Gasteiger partial charge on any atom is 0.318 e. The van der Waals surface area contributed by atoms with Crippen molar-refractivity contribution in [2.75, 3.05) is 0 Å². The lowest BCUT2D eigenvalue weighted by atomic mass is 9.88. The van der Waals surface area contributed by atoms with Gasteiger partial charge in [0.15, 0.2) is 0 Å². The maximum atomic E-state index is 13.6. The molecule has 0 atom stereocenters. The Kier molecular flexibility index (Phi) is 3.55. The number of hydrogen-bond donors (Lipinski definition) is 0. The van der Waals surface area contributed by atoms with Crippen LogP contribution in [0.25, 0.3) is 0 Å². The molecule has 1 heterocycles. The van der Waals surface area contributed by atoms with Crippen LogP contribution in [0, 0.1) is 5.82 Å². The number of halogens is 1. The first kappa shape index (κ1) is 13.6. The molecule has 0 bridgehead atoms. The van der Waals surface area contributed by atoms with Gasteiger partial charge in [-0.25, -0.2) is 4.39 Å². The summed E-state index contributed by atoms with van der Waals surface area (Å²) in [5.74, 6) is -0.981. The summed E-state index contributed by atoms with van der Waals surface area (Å²) in [5, 5.41) is 0. The van der Waals surface area contributed by atoms with Gasteiger partial charge in [0.25, 0.3) is 0 Å². The molecule has 0 aliphatic carbocycles. The van der Waals surface area contributed by atoms with E-state index in [1.807, 2.05) is 0 Å². The summed E-state index contributed by atoms with van der Waals surface area (Å²) in [6.07, 6.45) is 1.46. The largest absolute Gasteiger partial charge is 0.459 e. The average molecular weight is 239 g/mol. The zero-order valence-corrected chi connectivity index (χ0v) is 10.9. The van der Waals surface area contributed by atoms with Gasteiger partial charge in [0, 0.05) is 6.20 Å². The summed E-state index contributed by atoms with van der Waals surface area (Å²) in [6, 6.07) is 2.78. The van der Waals surface area contributed by atoms with E-state index in [2.05, 4.69) is 4.98 Å². The molecule has 4 heteroatoms. The van der Waals surface area contributed by atoms with E-state index in [1.54, 1.807) is 34.6 Å². The lowest BCUT2D eigenvalue weighted by Gasteiger charge is -2.28. The van der Waals surface area contributed by atoms with Gasteiger partial charge in [0.05, 0.1) is 5.69 Å². The van der Waals surface area contributed by atoms with Gasteiger partial charge in [0.1, 0.15) is 16.8 Å². The fourth-order valence-corrected chi connectivity index (χ4v) is 1.35. The molecule has 1 aromatic heterocycles. The molecule has 0 saturated heterocycles. The van der Waals surface area contributed by atoms with Gasteiger partial charge >= 0.3 is 5.97 Å². The van der Waals surface area contributed by atoms with Crippen LogP contribution >= 0.6 is 0 Å². The summed E-state index contributed by atoms with van der Waals surface area (Å²) < 4.78 is 18.9. The fraction of sp³-hybridized carbons (Fsp3) is 0.538. The van der Waals surface area contributed by atoms with Crippen LogP contribution in [0.3, 0.4) is 0 Å². The number of carbonyl (C=O) groups is 1. The summed E-state index contributed by atoms with van der Waals surface area (Å²) in [6.45, 7) is 8.53. The fourth-order valence-electron chi connectivity index (χ4n) is 1.35. The van der Waals surface area contributed by atoms with Crippen LogP contribution in [0.1, 0.15) is 40.3 Å². The lowest BCUT2D eigenvalue weighted by molar-refractivity contribution is -0.161. The predicted molar refractivity (Wildman–Crippen MR) is 63.1 cm³/mol. The average Bonchev–Trinajstić information content (AvgIpc) is 2.15. The highest BCUT2D eigenvalue weighted by Gasteiger charge is 2.37. The zero-order chi connectivity index (χ0) is 13.3. The van der Waals surface area contributed by atoms with E-state index in [0.717, 1.165) is 0 Å². The van der Waals surface area contributed by atoms with Crippen molar-refractivity contribution in [3.05, 3.63) is 29.8 Å². The quantitative estimate of drug-likeness (QED) is 0.745. The second kappa shape index (κ2) is 4.43. The molecule has 0 aromatic carbocycles. The van der Waals surface area contributed by atoms with Crippen molar-refractivity contribution >= 4 is 5.97 Å². The smallest absolute Gasteiger partial charge is 0.318 e. The highest BCUT2D eigenvalue weighted by Crippen LogP contribution is 2.27. The van der Waals surface area contributed by atoms with Gasteiger partial charge in [0.2, 0.25) is 0 Å². The predicted octanol–water partition coefficient (Wildman–Crippen LogP) is 2.84. The molecule has 1 rings (SSSR count). The second-order valence-corrected chi connectivity index (χ2v) is 5.46. The van der Waals surface area contributed by atoms with Crippen LogP contribution in [0.5, 0.6) is 0 Å². The third-order valence-electron chi connectivity index (χ3n) is 2.26. The second-order valence-electron chi connectivity index (χ2n) is 5.46. The van der Waals surface area contributed by atoms with Crippen molar-refractivity contribution in [1.82, 2.24) is 4.98 Å². The number of nitrogens with zero attached hydrogens (tertiary/aromatic N) is 1. The molecule has 0 aliphatic rings. The number of aromatic nitrogens is 1. The molecule has 0 amide bonds.